The molecule has 0 aliphatic carbocycles. The van der Waals surface area contributed by atoms with Gasteiger partial charge in [-0.3, -0.25) is 4.79 Å². The number of hydrogen-bond donors (Lipinski definition) is 1. The number of fused-ring (bicyclic) bond motifs is 1. The summed E-state index contributed by atoms with van der Waals surface area (Å²) in [5.41, 5.74) is 6.26. The Bertz CT molecular complexity index is 1290. The Balaban J connectivity index is 1.87. The molecule has 4 aromatic rings. The second-order valence-corrected chi connectivity index (χ2v) is 6.70. The zero-order valence-electron chi connectivity index (χ0n) is 16.1. The van der Waals surface area contributed by atoms with Crippen LogP contribution in [0.3, 0.4) is 0 Å². The molecule has 4 rings (SSSR count). The van der Waals surface area contributed by atoms with Crippen molar-refractivity contribution in [1.29, 1.82) is 0 Å². The van der Waals surface area contributed by atoms with Crippen LogP contribution in [0.2, 0.25) is 0 Å². The lowest BCUT2D eigenvalue weighted by Crippen LogP contribution is -2.23. The van der Waals surface area contributed by atoms with Crippen molar-refractivity contribution in [2.24, 2.45) is 5.10 Å². The molecule has 0 radical (unpaired) electrons. The van der Waals surface area contributed by atoms with E-state index < -0.39 is 0 Å². The average Bonchev–Trinajstić information content (AvgIpc) is 2.72. The van der Waals surface area contributed by atoms with E-state index in [1.807, 2.05) is 44.2 Å². The summed E-state index contributed by atoms with van der Waals surface area (Å²) in [6.07, 6.45) is 1.37. The Morgan fingerprint density at radius 2 is 1.76 bits per heavy atom. The van der Waals surface area contributed by atoms with E-state index in [0.717, 1.165) is 16.8 Å². The van der Waals surface area contributed by atoms with Crippen LogP contribution in [0.25, 0.3) is 16.6 Å². The van der Waals surface area contributed by atoms with Gasteiger partial charge < -0.3 is 0 Å². The molecule has 6 heteroatoms. The molecule has 0 atom stereocenters. The number of anilines is 1. The maximum Gasteiger partial charge on any atom is 0.267 e. The number of halogens is 1. The minimum absolute atomic E-state index is 0.201. The van der Waals surface area contributed by atoms with Crippen molar-refractivity contribution in [3.05, 3.63) is 99.6 Å². The number of para-hydroxylation sites is 1. The summed E-state index contributed by atoms with van der Waals surface area (Å²) in [6.45, 7) is 3.94. The van der Waals surface area contributed by atoms with E-state index >= 15 is 0 Å². The van der Waals surface area contributed by atoms with Crippen molar-refractivity contribution in [3.8, 4) is 5.69 Å². The quantitative estimate of drug-likeness (QED) is 0.412. The van der Waals surface area contributed by atoms with Crippen LogP contribution in [0.5, 0.6) is 0 Å². The molecule has 0 aliphatic rings. The Morgan fingerprint density at radius 1 is 1.00 bits per heavy atom. The van der Waals surface area contributed by atoms with Gasteiger partial charge in [-0.25, -0.2) is 19.4 Å². The number of rotatable bonds is 4. The monoisotopic (exact) mass is 386 g/mol. The molecule has 0 amide bonds. The number of aromatic nitrogens is 2. The lowest BCUT2D eigenvalue weighted by Gasteiger charge is -2.16. The maximum atomic E-state index is 13.8. The van der Waals surface area contributed by atoms with Gasteiger partial charge in [-0.15, -0.1) is 0 Å². The molecule has 0 saturated heterocycles. The van der Waals surface area contributed by atoms with Crippen molar-refractivity contribution in [3.63, 3.8) is 0 Å². The molecule has 1 N–H and O–H groups in total. The highest BCUT2D eigenvalue weighted by Gasteiger charge is 2.14. The van der Waals surface area contributed by atoms with Gasteiger partial charge in [0.2, 0.25) is 5.95 Å². The first-order valence-corrected chi connectivity index (χ1v) is 9.18. The van der Waals surface area contributed by atoms with Crippen LogP contribution in [0.1, 0.15) is 16.7 Å². The predicted molar refractivity (Wildman–Crippen MR) is 114 cm³/mol. The van der Waals surface area contributed by atoms with E-state index in [2.05, 4.69) is 15.5 Å². The van der Waals surface area contributed by atoms with Gasteiger partial charge in [0.25, 0.3) is 5.56 Å². The number of aryl methyl sites for hydroxylation is 1. The van der Waals surface area contributed by atoms with Crippen LogP contribution >= 0.6 is 0 Å². The van der Waals surface area contributed by atoms with Gasteiger partial charge in [0.05, 0.1) is 22.8 Å². The van der Waals surface area contributed by atoms with E-state index in [4.69, 9.17) is 0 Å². The highest BCUT2D eigenvalue weighted by Crippen LogP contribution is 2.21. The first-order valence-electron chi connectivity index (χ1n) is 9.18. The second kappa shape index (κ2) is 7.67. The number of hydrogen-bond acceptors (Lipinski definition) is 4. The molecule has 0 bridgehead atoms. The average molecular weight is 386 g/mol. The van der Waals surface area contributed by atoms with Crippen LogP contribution in [0, 0.1) is 19.7 Å². The first kappa shape index (κ1) is 18.6. The summed E-state index contributed by atoms with van der Waals surface area (Å²) in [5, 5.41) is 4.63. The molecule has 0 fully saturated rings. The van der Waals surface area contributed by atoms with E-state index in [0.29, 0.717) is 16.5 Å². The Labute approximate surface area is 167 Å². The molecule has 0 spiro atoms. The number of benzene rings is 3. The van der Waals surface area contributed by atoms with Crippen LogP contribution in [-0.4, -0.2) is 15.8 Å². The summed E-state index contributed by atoms with van der Waals surface area (Å²) in [6, 6.07) is 19.2. The minimum Gasteiger partial charge on any atom is -0.268 e. The van der Waals surface area contributed by atoms with Gasteiger partial charge in [-0.1, -0.05) is 42.5 Å². The van der Waals surface area contributed by atoms with Crippen molar-refractivity contribution in [2.75, 3.05) is 5.43 Å². The number of hydrazone groups is 1. The summed E-state index contributed by atoms with van der Waals surface area (Å²) in [5.74, 6) is -0.119. The SMILES string of the molecule is Cc1cccc(-n2c(N/N=C\c3ccccc3F)nc3ccccc3c2=O)c1C. The summed E-state index contributed by atoms with van der Waals surface area (Å²) >= 11 is 0. The molecule has 29 heavy (non-hydrogen) atoms. The Kier molecular flexibility index (Phi) is 4.91. The van der Waals surface area contributed by atoms with Crippen molar-refractivity contribution in [2.45, 2.75) is 13.8 Å². The Morgan fingerprint density at radius 3 is 2.59 bits per heavy atom. The zero-order chi connectivity index (χ0) is 20.4. The molecule has 0 aliphatic heterocycles. The zero-order valence-corrected chi connectivity index (χ0v) is 16.1. The lowest BCUT2D eigenvalue weighted by molar-refractivity contribution is 0.626. The lowest BCUT2D eigenvalue weighted by atomic mass is 10.1. The molecule has 1 heterocycles. The van der Waals surface area contributed by atoms with Gasteiger partial charge in [0.15, 0.2) is 0 Å². The molecule has 1 aromatic heterocycles. The smallest absolute Gasteiger partial charge is 0.267 e. The summed E-state index contributed by atoms with van der Waals surface area (Å²) < 4.78 is 15.3. The molecule has 5 nitrogen and oxygen atoms in total. The van der Waals surface area contributed by atoms with Crippen LogP contribution in [-0.2, 0) is 0 Å². The van der Waals surface area contributed by atoms with Gasteiger partial charge >= 0.3 is 0 Å². The van der Waals surface area contributed by atoms with Crippen molar-refractivity contribution >= 4 is 23.1 Å². The maximum absolute atomic E-state index is 13.8. The summed E-state index contributed by atoms with van der Waals surface area (Å²) in [4.78, 5) is 17.9. The topological polar surface area (TPSA) is 59.3 Å². The highest BCUT2D eigenvalue weighted by molar-refractivity contribution is 5.81. The largest absolute Gasteiger partial charge is 0.268 e. The number of nitrogens with one attached hydrogen (secondary N) is 1. The van der Waals surface area contributed by atoms with E-state index in [-0.39, 0.29) is 17.3 Å². The molecule has 3 aromatic carbocycles. The van der Waals surface area contributed by atoms with E-state index in [1.54, 1.807) is 30.3 Å². The minimum atomic E-state index is -0.378. The fraction of sp³-hybridized carbons (Fsp3) is 0.0870. The second-order valence-electron chi connectivity index (χ2n) is 6.70. The van der Waals surface area contributed by atoms with Crippen LogP contribution in [0.4, 0.5) is 10.3 Å². The first-order chi connectivity index (χ1) is 14.1. The molecule has 144 valence electrons. The fourth-order valence-corrected chi connectivity index (χ4v) is 3.15. The predicted octanol–water partition coefficient (Wildman–Crippen LogP) is 4.59. The third-order valence-electron chi connectivity index (χ3n) is 4.87. The van der Waals surface area contributed by atoms with Gasteiger partial charge in [0, 0.05) is 5.56 Å². The highest BCUT2D eigenvalue weighted by atomic mass is 19.1. The van der Waals surface area contributed by atoms with Gasteiger partial charge in [-0.2, -0.15) is 5.10 Å². The van der Waals surface area contributed by atoms with E-state index in [9.17, 15) is 9.18 Å². The van der Waals surface area contributed by atoms with Crippen molar-refractivity contribution < 1.29 is 4.39 Å². The van der Waals surface area contributed by atoms with Crippen LogP contribution < -0.4 is 11.0 Å². The van der Waals surface area contributed by atoms with Gasteiger partial charge in [-0.05, 0) is 49.2 Å². The third-order valence-corrected chi connectivity index (χ3v) is 4.87. The fourth-order valence-electron chi connectivity index (χ4n) is 3.15. The summed E-state index contributed by atoms with van der Waals surface area (Å²) in [7, 11) is 0. The van der Waals surface area contributed by atoms with Crippen LogP contribution in [0.15, 0.2) is 76.6 Å². The van der Waals surface area contributed by atoms with Gasteiger partial charge in [0.1, 0.15) is 5.82 Å². The Hall–Kier alpha value is -3.80. The van der Waals surface area contributed by atoms with E-state index in [1.165, 1.54) is 16.8 Å². The molecular weight excluding hydrogens is 367 g/mol. The molecule has 0 saturated carbocycles. The molecular formula is C23H19FN4O. The third kappa shape index (κ3) is 3.52. The van der Waals surface area contributed by atoms with Crippen molar-refractivity contribution in [1.82, 2.24) is 9.55 Å². The standard InChI is InChI=1S/C23H19FN4O/c1-15-8-7-13-21(16(15)2)28-22(29)18-10-4-6-12-20(18)26-23(28)27-25-14-17-9-3-5-11-19(17)24/h3-14H,1-2H3,(H,26,27)/b25-14-. The molecule has 0 unspecified atom stereocenters. The normalized spacial score (nSPS) is 11.3. The number of nitrogens with zero attached hydrogens (tertiary/aromatic N) is 3.